The summed E-state index contributed by atoms with van der Waals surface area (Å²) in [7, 11) is -0.891. The van der Waals surface area contributed by atoms with Crippen LogP contribution < -0.4 is 5.32 Å². The van der Waals surface area contributed by atoms with Crippen LogP contribution in [-0.4, -0.2) is 32.6 Å². The molecule has 1 unspecified atom stereocenters. The molecule has 5 nitrogen and oxygen atoms in total. The molecule has 0 amide bonds. The van der Waals surface area contributed by atoms with Crippen molar-refractivity contribution in [3.8, 4) is 11.4 Å². The molecule has 0 bridgehead atoms. The molecule has 0 saturated carbocycles. The van der Waals surface area contributed by atoms with Crippen LogP contribution in [0.3, 0.4) is 0 Å². The van der Waals surface area contributed by atoms with Crippen LogP contribution in [0.5, 0.6) is 0 Å². The molecular weight excluding hydrogens is 426 g/mol. The second-order valence-electron chi connectivity index (χ2n) is 7.59. The fourth-order valence-corrected chi connectivity index (χ4v) is 5.89. The third-order valence-electron chi connectivity index (χ3n) is 5.42. The Hall–Kier alpha value is -2.61. The zero-order chi connectivity index (χ0) is 21.0. The first-order valence-electron chi connectivity index (χ1n) is 10.4. The number of fused-ring (bicyclic) bond motifs is 1. The van der Waals surface area contributed by atoms with Gasteiger partial charge in [0.05, 0.1) is 5.52 Å². The molecule has 2 aromatic heterocycles. The van der Waals surface area contributed by atoms with Gasteiger partial charge in [-0.15, -0.1) is 0 Å². The monoisotopic (exact) mass is 449 g/mol. The molecule has 0 aliphatic carbocycles. The summed E-state index contributed by atoms with van der Waals surface area (Å²) in [4.78, 5) is 9.55. The lowest BCUT2D eigenvalue weighted by molar-refractivity contribution is 0.0992. The number of para-hydroxylation sites is 1. The number of rotatable bonds is 6. The maximum Gasteiger partial charge on any atom is 0.163 e. The van der Waals surface area contributed by atoms with Crippen molar-refractivity contribution in [2.24, 2.45) is 0 Å². The first-order chi connectivity index (χ1) is 15.3. The van der Waals surface area contributed by atoms with E-state index in [0.717, 1.165) is 46.4 Å². The van der Waals surface area contributed by atoms with Gasteiger partial charge in [-0.05, 0) is 54.1 Å². The van der Waals surface area contributed by atoms with Crippen molar-refractivity contribution in [1.82, 2.24) is 9.97 Å². The average Bonchev–Trinajstić information content (AvgIpc) is 3.35. The molecular formula is C24H23N3O2S2. The highest BCUT2D eigenvalue weighted by atomic mass is 32.2. The lowest BCUT2D eigenvalue weighted by atomic mass is 10.2. The van der Waals surface area contributed by atoms with Crippen molar-refractivity contribution in [3.05, 3.63) is 70.9 Å². The normalized spacial score (nSPS) is 15.7. The highest BCUT2D eigenvalue weighted by Gasteiger charge is 2.20. The summed E-state index contributed by atoms with van der Waals surface area (Å²) in [6, 6.07) is 18.2. The van der Waals surface area contributed by atoms with Gasteiger partial charge >= 0.3 is 0 Å². The van der Waals surface area contributed by atoms with Gasteiger partial charge in [-0.2, -0.15) is 11.3 Å². The number of ether oxygens (including phenoxy) is 1. The summed E-state index contributed by atoms with van der Waals surface area (Å²) in [6.45, 7) is 1.43. The number of benzene rings is 2. The number of hydrogen-bond donors (Lipinski definition) is 1. The van der Waals surface area contributed by atoms with Gasteiger partial charge in [0.25, 0.3) is 0 Å². The topological polar surface area (TPSA) is 64.1 Å². The first-order valence-corrected chi connectivity index (χ1v) is 12.7. The number of nitrogens with one attached hydrogen (secondary N) is 1. The number of thiophene rings is 1. The molecule has 0 spiro atoms. The van der Waals surface area contributed by atoms with Crippen LogP contribution in [0.4, 0.5) is 11.5 Å². The van der Waals surface area contributed by atoms with Gasteiger partial charge in [0.15, 0.2) is 5.82 Å². The Morgan fingerprint density at radius 2 is 1.94 bits per heavy atom. The van der Waals surface area contributed by atoms with Crippen LogP contribution in [0.2, 0.25) is 0 Å². The zero-order valence-corrected chi connectivity index (χ0v) is 18.6. The Labute approximate surface area is 188 Å². The molecule has 1 fully saturated rings. The van der Waals surface area contributed by atoms with Crippen LogP contribution >= 0.6 is 11.3 Å². The molecule has 3 heterocycles. The van der Waals surface area contributed by atoms with Gasteiger partial charge in [0.2, 0.25) is 0 Å². The molecule has 1 saturated heterocycles. The van der Waals surface area contributed by atoms with E-state index in [1.165, 1.54) is 0 Å². The zero-order valence-electron chi connectivity index (χ0n) is 17.0. The van der Waals surface area contributed by atoms with Gasteiger partial charge in [0.1, 0.15) is 5.82 Å². The Kier molecular flexibility index (Phi) is 6.06. The number of anilines is 2. The predicted octanol–water partition coefficient (Wildman–Crippen LogP) is 5.53. The van der Waals surface area contributed by atoms with Gasteiger partial charge < -0.3 is 10.1 Å². The maximum absolute atomic E-state index is 12.8. The van der Waals surface area contributed by atoms with Crippen molar-refractivity contribution in [1.29, 1.82) is 0 Å². The minimum absolute atomic E-state index is 0.226. The summed E-state index contributed by atoms with van der Waals surface area (Å²) >= 11 is 1.63. The molecule has 1 aliphatic rings. The number of hydrogen-bond acceptors (Lipinski definition) is 6. The van der Waals surface area contributed by atoms with Gasteiger partial charge in [-0.3, -0.25) is 4.21 Å². The SMILES string of the molecule is O=S(Cc1cccc(Nc2nc(-c3ccsc3)nc3ccccc23)c1)C1CCOCC1. The third-order valence-corrected chi connectivity index (χ3v) is 7.94. The van der Waals surface area contributed by atoms with Crippen LogP contribution in [-0.2, 0) is 21.3 Å². The minimum atomic E-state index is -0.891. The minimum Gasteiger partial charge on any atom is -0.381 e. The Bertz CT molecular complexity index is 1200. The van der Waals surface area contributed by atoms with E-state index in [2.05, 4.69) is 16.8 Å². The summed E-state index contributed by atoms with van der Waals surface area (Å²) in [5, 5.41) is 8.76. The van der Waals surface area contributed by atoms with Crippen molar-refractivity contribution in [3.63, 3.8) is 0 Å². The molecule has 1 N–H and O–H groups in total. The highest BCUT2D eigenvalue weighted by Crippen LogP contribution is 2.28. The Morgan fingerprint density at radius 1 is 1.06 bits per heavy atom. The van der Waals surface area contributed by atoms with Crippen molar-refractivity contribution >= 4 is 44.5 Å². The van der Waals surface area contributed by atoms with E-state index in [-0.39, 0.29) is 5.25 Å². The molecule has 1 aliphatic heterocycles. The molecule has 7 heteroatoms. The van der Waals surface area contributed by atoms with E-state index in [9.17, 15) is 4.21 Å². The fraction of sp³-hybridized carbons (Fsp3) is 0.250. The van der Waals surface area contributed by atoms with E-state index < -0.39 is 10.8 Å². The summed E-state index contributed by atoms with van der Waals surface area (Å²) in [5.41, 5.74) is 3.91. The third kappa shape index (κ3) is 4.69. The number of nitrogens with zero attached hydrogens (tertiary/aromatic N) is 2. The van der Waals surface area contributed by atoms with Crippen molar-refractivity contribution in [2.75, 3.05) is 18.5 Å². The lowest BCUT2D eigenvalue weighted by Crippen LogP contribution is -2.25. The summed E-state index contributed by atoms with van der Waals surface area (Å²) in [5.74, 6) is 2.04. The maximum atomic E-state index is 12.8. The standard InChI is InChI=1S/C24H23N3O2S2/c28-31(20-8-11-29-12-9-20)16-17-4-3-5-19(14-17)25-24-21-6-1-2-7-22(21)26-23(27-24)18-10-13-30-15-18/h1-7,10,13-15,20H,8-9,11-12,16H2,(H,25,26,27). The van der Waals surface area contributed by atoms with E-state index in [1.807, 2.05) is 53.9 Å². The number of aromatic nitrogens is 2. The van der Waals surface area contributed by atoms with Gasteiger partial charge in [0, 0.05) is 57.0 Å². The van der Waals surface area contributed by atoms with E-state index >= 15 is 0 Å². The van der Waals surface area contributed by atoms with Gasteiger partial charge in [-0.1, -0.05) is 24.3 Å². The van der Waals surface area contributed by atoms with E-state index in [0.29, 0.717) is 24.8 Å². The fourth-order valence-electron chi connectivity index (χ4n) is 3.79. The van der Waals surface area contributed by atoms with Gasteiger partial charge in [-0.25, -0.2) is 9.97 Å². The predicted molar refractivity (Wildman–Crippen MR) is 128 cm³/mol. The molecule has 2 aromatic carbocycles. The van der Waals surface area contributed by atoms with E-state index in [1.54, 1.807) is 11.3 Å². The molecule has 1 atom stereocenters. The Balaban J connectivity index is 1.42. The quantitative estimate of drug-likeness (QED) is 0.419. The van der Waals surface area contributed by atoms with E-state index in [4.69, 9.17) is 14.7 Å². The molecule has 5 rings (SSSR count). The second-order valence-corrected chi connectivity index (χ2v) is 10.1. The lowest BCUT2D eigenvalue weighted by Gasteiger charge is -2.21. The highest BCUT2D eigenvalue weighted by molar-refractivity contribution is 7.84. The molecule has 4 aromatic rings. The smallest absolute Gasteiger partial charge is 0.163 e. The summed E-state index contributed by atoms with van der Waals surface area (Å²) in [6.07, 6.45) is 1.76. The average molecular weight is 450 g/mol. The molecule has 158 valence electrons. The largest absolute Gasteiger partial charge is 0.381 e. The first kappa shape index (κ1) is 20.3. The van der Waals surface area contributed by atoms with Crippen LogP contribution in [0.1, 0.15) is 18.4 Å². The van der Waals surface area contributed by atoms with Crippen LogP contribution in [0.25, 0.3) is 22.3 Å². The summed E-state index contributed by atoms with van der Waals surface area (Å²) < 4.78 is 18.2. The van der Waals surface area contributed by atoms with Crippen molar-refractivity contribution in [2.45, 2.75) is 23.8 Å². The second kappa shape index (κ2) is 9.26. The van der Waals surface area contributed by atoms with Crippen LogP contribution in [0, 0.1) is 0 Å². The van der Waals surface area contributed by atoms with Crippen molar-refractivity contribution < 1.29 is 8.95 Å². The Morgan fingerprint density at radius 3 is 2.77 bits per heavy atom. The van der Waals surface area contributed by atoms with Crippen LogP contribution in [0.15, 0.2) is 65.4 Å². The molecule has 31 heavy (non-hydrogen) atoms. The molecule has 0 radical (unpaired) electrons.